The third-order valence-electron chi connectivity index (χ3n) is 4.02. The zero-order chi connectivity index (χ0) is 14.7. The van der Waals surface area contributed by atoms with E-state index in [1.165, 1.54) is 30.5 Å². The summed E-state index contributed by atoms with van der Waals surface area (Å²) in [6.45, 7) is 0. The first-order valence-electron chi connectivity index (χ1n) is 7.54. The molecule has 0 spiro atoms. The highest BCUT2D eigenvalue weighted by Crippen LogP contribution is 2.28. The molecule has 0 fully saturated rings. The first-order valence-corrected chi connectivity index (χ1v) is 7.54. The molecule has 110 valence electrons. The van der Waals surface area contributed by atoms with Crippen LogP contribution in [0.3, 0.4) is 0 Å². The van der Waals surface area contributed by atoms with Crippen LogP contribution in [0.15, 0.2) is 24.3 Å². The van der Waals surface area contributed by atoms with Crippen molar-refractivity contribution in [2.75, 3.05) is 19.5 Å². The highest BCUT2D eigenvalue weighted by atomic mass is 16.5. The summed E-state index contributed by atoms with van der Waals surface area (Å²) < 4.78 is 5.20. The fourth-order valence-corrected chi connectivity index (χ4v) is 2.85. The molecule has 4 heteroatoms. The molecule has 21 heavy (non-hydrogen) atoms. The molecule has 0 bridgehead atoms. The molecular weight excluding hydrogens is 262 g/mol. The van der Waals surface area contributed by atoms with Gasteiger partial charge in [0.05, 0.1) is 7.11 Å². The SMILES string of the molecule is CNc1nc(-c2ccc(OC)cc2)nc2c1CCCCC2. The number of rotatable bonds is 3. The van der Waals surface area contributed by atoms with Crippen molar-refractivity contribution < 1.29 is 4.74 Å². The number of methoxy groups -OCH3 is 1. The lowest BCUT2D eigenvalue weighted by Crippen LogP contribution is -2.06. The number of ether oxygens (including phenoxy) is 1. The lowest BCUT2D eigenvalue weighted by molar-refractivity contribution is 0.415. The molecule has 4 nitrogen and oxygen atoms in total. The molecule has 0 radical (unpaired) electrons. The van der Waals surface area contributed by atoms with E-state index in [0.717, 1.165) is 35.8 Å². The standard InChI is InChI=1S/C17H21N3O/c1-18-17-14-6-4-3-5-7-15(14)19-16(20-17)12-8-10-13(21-2)11-9-12/h8-11H,3-7H2,1-2H3,(H,18,19,20). The molecule has 0 atom stereocenters. The van der Waals surface area contributed by atoms with Crippen molar-refractivity contribution in [3.8, 4) is 17.1 Å². The Morgan fingerprint density at radius 2 is 1.76 bits per heavy atom. The van der Waals surface area contributed by atoms with Crippen LogP contribution >= 0.6 is 0 Å². The first kappa shape index (κ1) is 13.9. The van der Waals surface area contributed by atoms with E-state index in [9.17, 15) is 0 Å². The van der Waals surface area contributed by atoms with Crippen LogP contribution in [0.1, 0.15) is 30.5 Å². The van der Waals surface area contributed by atoms with Crippen LogP contribution in [0.5, 0.6) is 5.75 Å². The van der Waals surface area contributed by atoms with Gasteiger partial charge >= 0.3 is 0 Å². The molecule has 1 heterocycles. The zero-order valence-corrected chi connectivity index (χ0v) is 12.6. The first-order chi connectivity index (χ1) is 10.3. The monoisotopic (exact) mass is 283 g/mol. The second-order valence-corrected chi connectivity index (χ2v) is 5.36. The molecule has 0 saturated heterocycles. The summed E-state index contributed by atoms with van der Waals surface area (Å²) in [7, 11) is 3.61. The Balaban J connectivity index is 2.04. The van der Waals surface area contributed by atoms with E-state index >= 15 is 0 Å². The summed E-state index contributed by atoms with van der Waals surface area (Å²) in [6, 6.07) is 7.92. The lowest BCUT2D eigenvalue weighted by Gasteiger charge is -2.13. The van der Waals surface area contributed by atoms with Gasteiger partial charge in [0.15, 0.2) is 5.82 Å². The van der Waals surface area contributed by atoms with Crippen molar-refractivity contribution in [2.24, 2.45) is 0 Å². The molecule has 1 aromatic carbocycles. The Labute approximate surface area is 125 Å². The van der Waals surface area contributed by atoms with Crippen molar-refractivity contribution in [2.45, 2.75) is 32.1 Å². The Hall–Kier alpha value is -2.10. The van der Waals surface area contributed by atoms with E-state index < -0.39 is 0 Å². The van der Waals surface area contributed by atoms with Gasteiger partial charge in [-0.25, -0.2) is 9.97 Å². The van der Waals surface area contributed by atoms with Gasteiger partial charge in [0.1, 0.15) is 11.6 Å². The second kappa shape index (κ2) is 6.12. The van der Waals surface area contributed by atoms with Crippen LogP contribution < -0.4 is 10.1 Å². The summed E-state index contributed by atoms with van der Waals surface area (Å²) in [5.41, 5.74) is 3.53. The number of hydrogen-bond acceptors (Lipinski definition) is 4. The smallest absolute Gasteiger partial charge is 0.161 e. The summed E-state index contributed by atoms with van der Waals surface area (Å²) in [6.07, 6.45) is 5.85. The molecule has 1 aliphatic carbocycles. The van der Waals surface area contributed by atoms with E-state index in [2.05, 4.69) is 5.32 Å². The summed E-state index contributed by atoms with van der Waals surface area (Å²) in [4.78, 5) is 9.52. The molecule has 0 unspecified atom stereocenters. The van der Waals surface area contributed by atoms with E-state index in [4.69, 9.17) is 14.7 Å². The van der Waals surface area contributed by atoms with Gasteiger partial charge in [-0.05, 0) is 49.9 Å². The van der Waals surface area contributed by atoms with E-state index in [1.807, 2.05) is 31.3 Å². The van der Waals surface area contributed by atoms with Gasteiger partial charge in [0, 0.05) is 23.9 Å². The van der Waals surface area contributed by atoms with Crippen molar-refractivity contribution >= 4 is 5.82 Å². The van der Waals surface area contributed by atoms with Gasteiger partial charge < -0.3 is 10.1 Å². The van der Waals surface area contributed by atoms with Crippen molar-refractivity contribution in [1.29, 1.82) is 0 Å². The number of anilines is 1. The number of benzene rings is 1. The van der Waals surface area contributed by atoms with Gasteiger partial charge in [-0.2, -0.15) is 0 Å². The Morgan fingerprint density at radius 1 is 1.00 bits per heavy atom. The maximum atomic E-state index is 5.20. The molecule has 1 aromatic heterocycles. The molecule has 1 N–H and O–H groups in total. The molecular formula is C17H21N3O. The van der Waals surface area contributed by atoms with Crippen LogP contribution in [0, 0.1) is 0 Å². The summed E-state index contributed by atoms with van der Waals surface area (Å²) in [5.74, 6) is 2.62. The van der Waals surface area contributed by atoms with Crippen LogP contribution in [0.4, 0.5) is 5.82 Å². The largest absolute Gasteiger partial charge is 0.497 e. The third-order valence-corrected chi connectivity index (χ3v) is 4.02. The van der Waals surface area contributed by atoms with Crippen LogP contribution in [0.25, 0.3) is 11.4 Å². The molecule has 3 rings (SSSR count). The average molecular weight is 283 g/mol. The quantitative estimate of drug-likeness (QED) is 0.876. The van der Waals surface area contributed by atoms with E-state index in [-0.39, 0.29) is 0 Å². The van der Waals surface area contributed by atoms with E-state index in [0.29, 0.717) is 0 Å². The predicted octanol–water partition coefficient (Wildman–Crippen LogP) is 3.46. The Kier molecular flexibility index (Phi) is 4.04. The van der Waals surface area contributed by atoms with Gasteiger partial charge in [0.2, 0.25) is 0 Å². The van der Waals surface area contributed by atoms with Gasteiger partial charge in [-0.1, -0.05) is 6.42 Å². The summed E-state index contributed by atoms with van der Waals surface area (Å²) >= 11 is 0. The van der Waals surface area contributed by atoms with Crippen LogP contribution in [-0.2, 0) is 12.8 Å². The van der Waals surface area contributed by atoms with Crippen molar-refractivity contribution in [3.63, 3.8) is 0 Å². The number of nitrogens with zero attached hydrogens (tertiary/aromatic N) is 2. The number of nitrogens with one attached hydrogen (secondary N) is 1. The minimum Gasteiger partial charge on any atom is -0.497 e. The minimum absolute atomic E-state index is 0.794. The molecule has 1 aliphatic rings. The molecule has 0 aliphatic heterocycles. The fourth-order valence-electron chi connectivity index (χ4n) is 2.85. The number of aromatic nitrogens is 2. The highest BCUT2D eigenvalue weighted by Gasteiger charge is 2.16. The maximum Gasteiger partial charge on any atom is 0.161 e. The van der Waals surface area contributed by atoms with Gasteiger partial charge in [-0.15, -0.1) is 0 Å². The second-order valence-electron chi connectivity index (χ2n) is 5.36. The lowest BCUT2D eigenvalue weighted by atomic mass is 10.1. The van der Waals surface area contributed by atoms with Crippen molar-refractivity contribution in [1.82, 2.24) is 9.97 Å². The predicted molar refractivity (Wildman–Crippen MR) is 84.8 cm³/mol. The highest BCUT2D eigenvalue weighted by molar-refractivity contribution is 5.61. The minimum atomic E-state index is 0.794. The maximum absolute atomic E-state index is 5.20. The normalized spacial score (nSPS) is 14.2. The molecule has 0 amide bonds. The van der Waals surface area contributed by atoms with Crippen LogP contribution in [-0.4, -0.2) is 24.1 Å². The van der Waals surface area contributed by atoms with Gasteiger partial charge in [-0.3, -0.25) is 0 Å². The fraction of sp³-hybridized carbons (Fsp3) is 0.412. The Bertz CT molecular complexity index is 623. The molecule has 2 aromatic rings. The number of aryl methyl sites for hydroxylation is 1. The van der Waals surface area contributed by atoms with E-state index in [1.54, 1.807) is 7.11 Å². The molecule has 0 saturated carbocycles. The topological polar surface area (TPSA) is 47.0 Å². The third kappa shape index (κ3) is 2.84. The zero-order valence-electron chi connectivity index (χ0n) is 12.6. The number of hydrogen-bond donors (Lipinski definition) is 1. The Morgan fingerprint density at radius 3 is 2.48 bits per heavy atom. The average Bonchev–Trinajstić information content (AvgIpc) is 2.79. The number of fused-ring (bicyclic) bond motifs is 1. The van der Waals surface area contributed by atoms with Crippen LogP contribution in [0.2, 0.25) is 0 Å². The van der Waals surface area contributed by atoms with Gasteiger partial charge in [0.25, 0.3) is 0 Å². The summed E-state index contributed by atoms with van der Waals surface area (Å²) in [5, 5.41) is 3.24. The van der Waals surface area contributed by atoms with Crippen molar-refractivity contribution in [3.05, 3.63) is 35.5 Å².